The van der Waals surface area contributed by atoms with E-state index in [0.717, 1.165) is 5.56 Å². The van der Waals surface area contributed by atoms with Crippen molar-refractivity contribution in [2.24, 2.45) is 0 Å². The first-order valence-electron chi connectivity index (χ1n) is 4.25. The molecular weight excluding hydrogens is 180 g/mol. The van der Waals surface area contributed by atoms with Crippen molar-refractivity contribution in [1.29, 1.82) is 0 Å². The van der Waals surface area contributed by atoms with Crippen LogP contribution in [0.2, 0.25) is 0 Å². The summed E-state index contributed by atoms with van der Waals surface area (Å²) in [4.78, 5) is 10.6. The van der Waals surface area contributed by atoms with E-state index in [0.29, 0.717) is 5.75 Å². The molecule has 0 aliphatic rings. The number of benzene rings is 1. The van der Waals surface area contributed by atoms with Gasteiger partial charge in [-0.15, -0.1) is 0 Å². The maximum Gasteiger partial charge on any atom is 0.308 e. The molecule has 0 saturated carbocycles. The molecule has 0 bridgehead atoms. The summed E-state index contributed by atoms with van der Waals surface area (Å²) < 4.78 is 4.85. The SMILES string of the molecule is CC(=O)Oc1ccc(/C=C/C[O])cc1. The van der Waals surface area contributed by atoms with Gasteiger partial charge in [-0.25, -0.2) is 5.11 Å². The van der Waals surface area contributed by atoms with E-state index in [9.17, 15) is 9.90 Å². The van der Waals surface area contributed by atoms with Gasteiger partial charge in [0.25, 0.3) is 0 Å². The molecule has 0 atom stereocenters. The Balaban J connectivity index is 2.68. The van der Waals surface area contributed by atoms with E-state index < -0.39 is 0 Å². The fourth-order valence-electron chi connectivity index (χ4n) is 0.997. The Bertz CT molecular complexity index is 325. The van der Waals surface area contributed by atoms with Crippen LogP contribution in [0.25, 0.3) is 6.08 Å². The lowest BCUT2D eigenvalue weighted by Gasteiger charge is -2.00. The van der Waals surface area contributed by atoms with Crippen molar-refractivity contribution >= 4 is 12.0 Å². The second kappa shape index (κ2) is 5.19. The van der Waals surface area contributed by atoms with E-state index in [1.54, 1.807) is 30.3 Å². The molecule has 0 aliphatic carbocycles. The van der Waals surface area contributed by atoms with Gasteiger partial charge in [-0.3, -0.25) is 4.79 Å². The third-order valence-corrected chi connectivity index (χ3v) is 1.55. The van der Waals surface area contributed by atoms with Gasteiger partial charge >= 0.3 is 5.97 Å². The molecule has 0 aromatic heterocycles. The number of hydrogen-bond acceptors (Lipinski definition) is 2. The van der Waals surface area contributed by atoms with Crippen LogP contribution in [0.5, 0.6) is 5.75 Å². The molecule has 3 heteroatoms. The van der Waals surface area contributed by atoms with Crippen LogP contribution in [0.1, 0.15) is 12.5 Å². The second-order valence-corrected chi connectivity index (χ2v) is 2.73. The first-order chi connectivity index (χ1) is 6.72. The molecule has 0 aliphatic heterocycles. The number of carbonyl (C=O) groups is 1. The molecule has 0 spiro atoms. The third kappa shape index (κ3) is 3.41. The van der Waals surface area contributed by atoms with Gasteiger partial charge in [0.15, 0.2) is 0 Å². The van der Waals surface area contributed by atoms with Crippen LogP contribution in [0, 0.1) is 0 Å². The maximum atomic E-state index is 10.6. The lowest BCUT2D eigenvalue weighted by molar-refractivity contribution is -0.131. The average molecular weight is 191 g/mol. The fourth-order valence-corrected chi connectivity index (χ4v) is 0.997. The topological polar surface area (TPSA) is 46.2 Å². The normalized spacial score (nSPS) is 10.4. The number of ether oxygens (including phenoxy) is 1. The van der Waals surface area contributed by atoms with Crippen molar-refractivity contribution in [3.63, 3.8) is 0 Å². The van der Waals surface area contributed by atoms with E-state index in [1.165, 1.54) is 13.0 Å². The lowest BCUT2D eigenvalue weighted by atomic mass is 10.2. The lowest BCUT2D eigenvalue weighted by Crippen LogP contribution is -2.00. The highest BCUT2D eigenvalue weighted by Gasteiger charge is 1.96. The molecule has 0 heterocycles. The predicted octanol–water partition coefficient (Wildman–Crippen LogP) is 2.06. The Kier molecular flexibility index (Phi) is 3.88. The van der Waals surface area contributed by atoms with E-state index >= 15 is 0 Å². The first-order valence-corrected chi connectivity index (χ1v) is 4.25. The predicted molar refractivity (Wildman–Crippen MR) is 52.3 cm³/mol. The van der Waals surface area contributed by atoms with Crippen LogP contribution in [0.15, 0.2) is 30.3 Å². The minimum atomic E-state index is -0.340. The summed E-state index contributed by atoms with van der Waals surface area (Å²) in [5, 5.41) is 10.2. The van der Waals surface area contributed by atoms with Crippen molar-refractivity contribution in [2.75, 3.05) is 6.61 Å². The summed E-state index contributed by atoms with van der Waals surface area (Å²) in [7, 11) is 0. The highest BCUT2D eigenvalue weighted by molar-refractivity contribution is 5.69. The average Bonchev–Trinajstić information content (AvgIpc) is 2.16. The third-order valence-electron chi connectivity index (χ3n) is 1.55. The summed E-state index contributed by atoms with van der Waals surface area (Å²) in [6.45, 7) is 1.12. The highest BCUT2D eigenvalue weighted by Crippen LogP contribution is 2.13. The van der Waals surface area contributed by atoms with Crippen LogP contribution in [0.3, 0.4) is 0 Å². The summed E-state index contributed by atoms with van der Waals surface area (Å²) in [5.41, 5.74) is 0.914. The molecule has 0 amide bonds. The van der Waals surface area contributed by atoms with Gasteiger partial charge in [0, 0.05) is 6.92 Å². The van der Waals surface area contributed by atoms with Crippen LogP contribution < -0.4 is 4.74 Å². The fraction of sp³-hybridized carbons (Fsp3) is 0.182. The molecule has 0 N–H and O–H groups in total. The molecule has 3 nitrogen and oxygen atoms in total. The summed E-state index contributed by atoms with van der Waals surface area (Å²) in [6, 6.07) is 6.94. The zero-order valence-corrected chi connectivity index (χ0v) is 7.90. The van der Waals surface area contributed by atoms with Crippen LogP contribution in [0.4, 0.5) is 0 Å². The standard InChI is InChI=1S/C11H11O3/c1-9(13)14-11-6-4-10(5-7-11)3-2-8-12/h2-7H,8H2,1H3/b3-2+. The van der Waals surface area contributed by atoms with E-state index in [4.69, 9.17) is 4.74 Å². The molecule has 73 valence electrons. The highest BCUT2D eigenvalue weighted by atomic mass is 16.5. The van der Waals surface area contributed by atoms with Crippen molar-refractivity contribution < 1.29 is 14.6 Å². The Morgan fingerprint density at radius 3 is 2.50 bits per heavy atom. The van der Waals surface area contributed by atoms with Crippen molar-refractivity contribution in [3.8, 4) is 5.75 Å². The van der Waals surface area contributed by atoms with Crippen molar-refractivity contribution in [3.05, 3.63) is 35.9 Å². The molecule has 1 aromatic rings. The van der Waals surface area contributed by atoms with Gasteiger partial charge in [0.05, 0.1) is 0 Å². The smallest absolute Gasteiger partial charge is 0.308 e. The van der Waals surface area contributed by atoms with E-state index in [2.05, 4.69) is 0 Å². The summed E-state index contributed by atoms with van der Waals surface area (Å²) >= 11 is 0. The quantitative estimate of drug-likeness (QED) is 0.542. The number of hydrogen-bond donors (Lipinski definition) is 0. The van der Waals surface area contributed by atoms with Crippen LogP contribution >= 0.6 is 0 Å². The Morgan fingerprint density at radius 1 is 1.36 bits per heavy atom. The largest absolute Gasteiger partial charge is 0.427 e. The van der Waals surface area contributed by atoms with E-state index in [-0.39, 0.29) is 12.6 Å². The molecule has 0 unspecified atom stereocenters. The number of esters is 1. The Labute approximate surface area is 82.6 Å². The van der Waals surface area contributed by atoms with Crippen molar-refractivity contribution in [2.45, 2.75) is 6.92 Å². The molecular formula is C11H11O3. The van der Waals surface area contributed by atoms with Gasteiger partial charge in [-0.1, -0.05) is 24.3 Å². The number of rotatable bonds is 3. The summed E-state index contributed by atoms with van der Waals surface area (Å²) in [6.07, 6.45) is 3.26. The molecule has 0 saturated heterocycles. The zero-order valence-electron chi connectivity index (χ0n) is 7.90. The molecule has 1 rings (SSSR count). The molecule has 1 aromatic carbocycles. The monoisotopic (exact) mass is 191 g/mol. The minimum absolute atomic E-state index is 0.230. The Morgan fingerprint density at radius 2 is 2.00 bits per heavy atom. The number of carbonyl (C=O) groups excluding carboxylic acids is 1. The van der Waals surface area contributed by atoms with Crippen molar-refractivity contribution in [1.82, 2.24) is 0 Å². The minimum Gasteiger partial charge on any atom is -0.427 e. The zero-order chi connectivity index (χ0) is 10.4. The van der Waals surface area contributed by atoms with Gasteiger partial charge in [-0.2, -0.15) is 0 Å². The Hall–Kier alpha value is -1.61. The van der Waals surface area contributed by atoms with Gasteiger partial charge in [-0.05, 0) is 17.7 Å². The first kappa shape index (κ1) is 10.5. The van der Waals surface area contributed by atoms with Gasteiger partial charge in [0.1, 0.15) is 12.4 Å². The van der Waals surface area contributed by atoms with Crippen LogP contribution in [-0.4, -0.2) is 12.6 Å². The molecule has 0 fully saturated rings. The second-order valence-electron chi connectivity index (χ2n) is 2.73. The molecule has 1 radical (unpaired) electrons. The van der Waals surface area contributed by atoms with Gasteiger partial charge < -0.3 is 4.74 Å². The van der Waals surface area contributed by atoms with Crippen LogP contribution in [-0.2, 0) is 9.90 Å². The van der Waals surface area contributed by atoms with Gasteiger partial charge in [0.2, 0.25) is 0 Å². The molecule has 14 heavy (non-hydrogen) atoms. The maximum absolute atomic E-state index is 10.6. The summed E-state index contributed by atoms with van der Waals surface area (Å²) in [5.74, 6) is 0.171. The van der Waals surface area contributed by atoms with E-state index in [1.807, 2.05) is 0 Å².